The molecule has 2 N–H and O–H groups in total. The number of hydrogen-bond acceptors (Lipinski definition) is 5. The quantitative estimate of drug-likeness (QED) is 0.846. The van der Waals surface area contributed by atoms with Crippen LogP contribution in [0.4, 0.5) is 5.82 Å². The number of hydrogen-bond donors (Lipinski definition) is 2. The molecule has 0 radical (unpaired) electrons. The van der Waals surface area contributed by atoms with Gasteiger partial charge in [-0.1, -0.05) is 11.6 Å². The van der Waals surface area contributed by atoms with Gasteiger partial charge in [0.25, 0.3) is 10.0 Å². The second-order valence-corrected chi connectivity index (χ2v) is 8.10. The summed E-state index contributed by atoms with van der Waals surface area (Å²) in [5, 5.41) is 5.48. The Bertz CT molecular complexity index is 741. The van der Waals surface area contributed by atoms with Gasteiger partial charge in [-0.3, -0.25) is 4.72 Å². The standard InChI is InChI=1S/C13H14ClN3O2S2/c14-11-2-1-5-15-13(11)17-21(18,19)12-6-9(8-20-12)7-16-10-3-4-10/h1-2,5-6,8,10,16H,3-4,7H2,(H,15,17). The Morgan fingerprint density at radius 2 is 2.24 bits per heavy atom. The van der Waals surface area contributed by atoms with Crippen LogP contribution in [0.25, 0.3) is 0 Å². The third-order valence-corrected chi connectivity index (χ3v) is 6.19. The summed E-state index contributed by atoms with van der Waals surface area (Å²) in [6.07, 6.45) is 3.90. The lowest BCUT2D eigenvalue weighted by Crippen LogP contribution is -2.15. The first kappa shape index (κ1) is 14.8. The molecule has 8 heteroatoms. The lowest BCUT2D eigenvalue weighted by atomic mass is 10.3. The highest BCUT2D eigenvalue weighted by Gasteiger charge is 2.22. The third kappa shape index (κ3) is 3.74. The summed E-state index contributed by atoms with van der Waals surface area (Å²) in [5.41, 5.74) is 0.972. The van der Waals surface area contributed by atoms with E-state index >= 15 is 0 Å². The molecule has 0 bridgehead atoms. The van der Waals surface area contributed by atoms with Crippen molar-refractivity contribution in [1.29, 1.82) is 0 Å². The van der Waals surface area contributed by atoms with Crippen LogP contribution in [0.1, 0.15) is 18.4 Å². The molecular formula is C13H14ClN3O2S2. The average molecular weight is 344 g/mol. The van der Waals surface area contributed by atoms with E-state index in [1.165, 1.54) is 30.4 Å². The van der Waals surface area contributed by atoms with Gasteiger partial charge >= 0.3 is 0 Å². The molecule has 0 amide bonds. The van der Waals surface area contributed by atoms with Gasteiger partial charge in [-0.05, 0) is 42.0 Å². The molecule has 2 aromatic heterocycles. The molecule has 0 aromatic carbocycles. The lowest BCUT2D eigenvalue weighted by molar-refractivity contribution is 0.603. The van der Waals surface area contributed by atoms with E-state index in [9.17, 15) is 8.42 Å². The molecule has 1 aliphatic rings. The summed E-state index contributed by atoms with van der Waals surface area (Å²) in [4.78, 5) is 3.93. The molecule has 5 nitrogen and oxygen atoms in total. The summed E-state index contributed by atoms with van der Waals surface area (Å²) in [5.74, 6) is 0.144. The number of rotatable bonds is 6. The van der Waals surface area contributed by atoms with Gasteiger partial charge in [-0.15, -0.1) is 11.3 Å². The van der Waals surface area contributed by atoms with Crippen LogP contribution in [-0.4, -0.2) is 19.4 Å². The van der Waals surface area contributed by atoms with E-state index in [0.717, 1.165) is 5.56 Å². The van der Waals surface area contributed by atoms with Gasteiger partial charge in [0.05, 0.1) is 5.02 Å². The summed E-state index contributed by atoms with van der Waals surface area (Å²) in [7, 11) is -3.64. The first-order valence-corrected chi connectivity index (χ1v) is 9.23. The van der Waals surface area contributed by atoms with Gasteiger partial charge in [-0.25, -0.2) is 13.4 Å². The number of anilines is 1. The molecule has 1 saturated carbocycles. The predicted molar refractivity (Wildman–Crippen MR) is 84.2 cm³/mol. The van der Waals surface area contributed by atoms with Crippen molar-refractivity contribution in [3.05, 3.63) is 40.4 Å². The van der Waals surface area contributed by atoms with E-state index in [-0.39, 0.29) is 15.0 Å². The molecule has 0 atom stereocenters. The fourth-order valence-electron chi connectivity index (χ4n) is 1.77. The first-order valence-electron chi connectivity index (χ1n) is 6.49. The summed E-state index contributed by atoms with van der Waals surface area (Å²) < 4.78 is 27.3. The zero-order valence-corrected chi connectivity index (χ0v) is 13.4. The fourth-order valence-corrected chi connectivity index (χ4v) is 4.24. The molecule has 3 rings (SSSR count). The molecule has 0 aliphatic heterocycles. The van der Waals surface area contributed by atoms with Gasteiger partial charge in [0.2, 0.25) is 0 Å². The number of aromatic nitrogens is 1. The zero-order valence-electron chi connectivity index (χ0n) is 11.0. The molecule has 0 saturated heterocycles. The number of halogens is 1. The van der Waals surface area contributed by atoms with Crippen molar-refractivity contribution in [2.45, 2.75) is 29.6 Å². The Balaban J connectivity index is 1.73. The predicted octanol–water partition coefficient (Wildman–Crippen LogP) is 2.85. The summed E-state index contributed by atoms with van der Waals surface area (Å²) in [6.45, 7) is 0.695. The second kappa shape index (κ2) is 5.92. The summed E-state index contributed by atoms with van der Waals surface area (Å²) in [6, 6.07) is 5.51. The number of nitrogens with one attached hydrogen (secondary N) is 2. The topological polar surface area (TPSA) is 71.1 Å². The number of thiophene rings is 1. The van der Waals surface area contributed by atoms with E-state index < -0.39 is 10.0 Å². The monoisotopic (exact) mass is 343 g/mol. The Hall–Kier alpha value is -1.15. The van der Waals surface area contributed by atoms with Gasteiger partial charge in [0, 0.05) is 18.8 Å². The second-order valence-electron chi connectivity index (χ2n) is 4.87. The third-order valence-electron chi connectivity index (χ3n) is 3.06. The van der Waals surface area contributed by atoms with Crippen molar-refractivity contribution < 1.29 is 8.42 Å². The minimum absolute atomic E-state index is 0.144. The molecule has 0 unspecified atom stereocenters. The van der Waals surface area contributed by atoms with E-state index in [1.807, 2.05) is 5.38 Å². The minimum Gasteiger partial charge on any atom is -0.310 e. The normalized spacial score (nSPS) is 15.1. The van der Waals surface area contributed by atoms with Gasteiger partial charge in [0.15, 0.2) is 5.82 Å². The Morgan fingerprint density at radius 1 is 1.43 bits per heavy atom. The maximum absolute atomic E-state index is 12.3. The van der Waals surface area contributed by atoms with Crippen molar-refractivity contribution in [1.82, 2.24) is 10.3 Å². The van der Waals surface area contributed by atoms with Crippen molar-refractivity contribution in [2.24, 2.45) is 0 Å². The molecule has 1 fully saturated rings. The zero-order chi connectivity index (χ0) is 14.9. The van der Waals surface area contributed by atoms with E-state index in [1.54, 1.807) is 18.2 Å². The number of sulfonamides is 1. The van der Waals surface area contributed by atoms with Crippen LogP contribution in [0.15, 0.2) is 34.0 Å². The molecule has 1 aliphatic carbocycles. The van der Waals surface area contributed by atoms with Crippen LogP contribution >= 0.6 is 22.9 Å². The van der Waals surface area contributed by atoms with Crippen molar-refractivity contribution in [3.8, 4) is 0 Å². The minimum atomic E-state index is -3.64. The molecule has 2 aromatic rings. The van der Waals surface area contributed by atoms with E-state index in [0.29, 0.717) is 12.6 Å². The van der Waals surface area contributed by atoms with E-state index in [2.05, 4.69) is 15.0 Å². The molecule has 0 spiro atoms. The number of nitrogens with zero attached hydrogens (tertiary/aromatic N) is 1. The van der Waals surface area contributed by atoms with Gasteiger partial charge in [0.1, 0.15) is 4.21 Å². The van der Waals surface area contributed by atoms with Crippen LogP contribution in [-0.2, 0) is 16.6 Å². The highest BCUT2D eigenvalue weighted by Crippen LogP contribution is 2.26. The molecule has 21 heavy (non-hydrogen) atoms. The molecular weight excluding hydrogens is 330 g/mol. The van der Waals surface area contributed by atoms with Gasteiger partial charge < -0.3 is 5.32 Å². The van der Waals surface area contributed by atoms with Crippen molar-refractivity contribution in [3.63, 3.8) is 0 Å². The van der Waals surface area contributed by atoms with Crippen LogP contribution < -0.4 is 10.0 Å². The highest BCUT2D eigenvalue weighted by molar-refractivity contribution is 7.94. The highest BCUT2D eigenvalue weighted by atomic mass is 35.5. The van der Waals surface area contributed by atoms with Crippen LogP contribution in [0.5, 0.6) is 0 Å². The summed E-state index contributed by atoms with van der Waals surface area (Å²) >= 11 is 7.11. The molecule has 2 heterocycles. The molecule has 112 valence electrons. The smallest absolute Gasteiger partial charge is 0.272 e. The number of pyridine rings is 1. The lowest BCUT2D eigenvalue weighted by Gasteiger charge is -2.06. The fraction of sp³-hybridized carbons (Fsp3) is 0.308. The van der Waals surface area contributed by atoms with Crippen LogP contribution in [0, 0.1) is 0 Å². The Kier molecular flexibility index (Phi) is 4.17. The SMILES string of the molecule is O=S(=O)(Nc1ncccc1Cl)c1cc(CNC2CC2)cs1. The van der Waals surface area contributed by atoms with E-state index in [4.69, 9.17) is 11.6 Å². The maximum Gasteiger partial charge on any atom is 0.272 e. The largest absolute Gasteiger partial charge is 0.310 e. The van der Waals surface area contributed by atoms with Crippen LogP contribution in [0.3, 0.4) is 0 Å². The van der Waals surface area contributed by atoms with Crippen molar-refractivity contribution in [2.75, 3.05) is 4.72 Å². The maximum atomic E-state index is 12.3. The Morgan fingerprint density at radius 3 is 2.95 bits per heavy atom. The van der Waals surface area contributed by atoms with Crippen LogP contribution in [0.2, 0.25) is 5.02 Å². The average Bonchev–Trinajstić information content (AvgIpc) is 3.15. The first-order chi connectivity index (χ1) is 10.0. The van der Waals surface area contributed by atoms with Gasteiger partial charge in [-0.2, -0.15) is 0 Å². The van der Waals surface area contributed by atoms with Crippen molar-refractivity contribution >= 4 is 38.8 Å². The Labute approximate surface area is 132 Å².